The van der Waals surface area contributed by atoms with Gasteiger partial charge in [0.2, 0.25) is 0 Å². The zero-order chi connectivity index (χ0) is 18.1. The van der Waals surface area contributed by atoms with E-state index in [0.717, 1.165) is 34.5 Å². The number of anilines is 1. The molecule has 26 heavy (non-hydrogen) atoms. The predicted octanol–water partition coefficient (Wildman–Crippen LogP) is 3.32. The second kappa shape index (κ2) is 6.74. The first-order chi connectivity index (χ1) is 12.6. The highest BCUT2D eigenvalue weighted by Crippen LogP contribution is 2.47. The van der Waals surface area contributed by atoms with E-state index in [1.54, 1.807) is 4.90 Å². The van der Waals surface area contributed by atoms with Crippen molar-refractivity contribution in [3.63, 3.8) is 0 Å². The lowest BCUT2D eigenvalue weighted by atomic mass is 10.00. The molecule has 136 valence electrons. The van der Waals surface area contributed by atoms with Crippen molar-refractivity contribution in [3.05, 3.63) is 59.2 Å². The van der Waals surface area contributed by atoms with Gasteiger partial charge in [0.25, 0.3) is 11.7 Å². The fourth-order valence-electron chi connectivity index (χ4n) is 3.76. The quantitative estimate of drug-likeness (QED) is 0.846. The Hall–Kier alpha value is -2.37. The Morgan fingerprint density at radius 1 is 1.12 bits per heavy atom. The molecule has 0 unspecified atom stereocenters. The number of ether oxygens (including phenoxy) is 3. The van der Waals surface area contributed by atoms with Crippen LogP contribution in [0.25, 0.3) is 0 Å². The number of carbonyl (C=O) groups excluding carboxylic acids is 1. The van der Waals surface area contributed by atoms with Gasteiger partial charge in [0.05, 0.1) is 25.4 Å². The molecule has 5 heteroatoms. The molecule has 1 amide bonds. The Morgan fingerprint density at radius 2 is 1.85 bits per heavy atom. The van der Waals surface area contributed by atoms with Gasteiger partial charge in [-0.1, -0.05) is 29.8 Å². The zero-order valence-corrected chi connectivity index (χ0v) is 15.2. The molecular weight excluding hydrogens is 330 g/mol. The van der Waals surface area contributed by atoms with Crippen LogP contribution in [0.2, 0.25) is 0 Å². The molecule has 1 spiro atoms. The molecule has 5 nitrogen and oxygen atoms in total. The SMILES string of the molecule is Cc1cc(C)c2c(c1)C1(OCCCO1)C(=O)N2CCOc1ccccc1. The number of hydrogen-bond donors (Lipinski definition) is 0. The van der Waals surface area contributed by atoms with Crippen molar-refractivity contribution in [2.75, 3.05) is 31.3 Å². The Morgan fingerprint density at radius 3 is 2.58 bits per heavy atom. The van der Waals surface area contributed by atoms with Gasteiger partial charge in [-0.2, -0.15) is 0 Å². The summed E-state index contributed by atoms with van der Waals surface area (Å²) >= 11 is 0. The van der Waals surface area contributed by atoms with Crippen LogP contribution in [0, 0.1) is 13.8 Å². The van der Waals surface area contributed by atoms with Crippen LogP contribution in [-0.4, -0.2) is 32.3 Å². The second-order valence-electron chi connectivity index (χ2n) is 6.76. The summed E-state index contributed by atoms with van der Waals surface area (Å²) in [5.41, 5.74) is 3.84. The summed E-state index contributed by atoms with van der Waals surface area (Å²) in [5, 5.41) is 0. The largest absolute Gasteiger partial charge is 0.492 e. The summed E-state index contributed by atoms with van der Waals surface area (Å²) in [4.78, 5) is 15.0. The van der Waals surface area contributed by atoms with E-state index in [1.165, 1.54) is 0 Å². The Kier molecular flexibility index (Phi) is 4.42. The maximum Gasteiger partial charge on any atom is 0.292 e. The van der Waals surface area contributed by atoms with Crippen LogP contribution in [0.1, 0.15) is 23.1 Å². The van der Waals surface area contributed by atoms with Crippen molar-refractivity contribution in [2.45, 2.75) is 26.1 Å². The number of aryl methyl sites for hydroxylation is 2. The number of para-hydroxylation sites is 1. The third-order valence-electron chi connectivity index (χ3n) is 4.82. The van der Waals surface area contributed by atoms with E-state index >= 15 is 0 Å². The fraction of sp³-hybridized carbons (Fsp3) is 0.381. The first kappa shape index (κ1) is 17.1. The molecule has 4 rings (SSSR count). The van der Waals surface area contributed by atoms with E-state index in [1.807, 2.05) is 50.2 Å². The molecule has 1 saturated heterocycles. The van der Waals surface area contributed by atoms with Gasteiger partial charge in [-0.3, -0.25) is 4.79 Å². The minimum absolute atomic E-state index is 0.155. The zero-order valence-electron chi connectivity index (χ0n) is 15.2. The number of fused-ring (bicyclic) bond motifs is 2. The maximum atomic E-state index is 13.3. The lowest BCUT2D eigenvalue weighted by molar-refractivity contribution is -0.256. The van der Waals surface area contributed by atoms with Crippen molar-refractivity contribution in [1.29, 1.82) is 0 Å². The molecule has 0 atom stereocenters. The van der Waals surface area contributed by atoms with Gasteiger partial charge in [0.1, 0.15) is 12.4 Å². The monoisotopic (exact) mass is 353 g/mol. The van der Waals surface area contributed by atoms with Gasteiger partial charge < -0.3 is 19.1 Å². The maximum absolute atomic E-state index is 13.3. The third kappa shape index (κ3) is 2.77. The van der Waals surface area contributed by atoms with Gasteiger partial charge >= 0.3 is 0 Å². The second-order valence-corrected chi connectivity index (χ2v) is 6.76. The highest BCUT2D eigenvalue weighted by molar-refractivity contribution is 6.07. The van der Waals surface area contributed by atoms with Gasteiger partial charge in [-0.25, -0.2) is 0 Å². The van der Waals surface area contributed by atoms with Crippen molar-refractivity contribution in [1.82, 2.24) is 0 Å². The smallest absolute Gasteiger partial charge is 0.292 e. The first-order valence-electron chi connectivity index (χ1n) is 9.01. The molecule has 0 saturated carbocycles. The molecule has 0 aliphatic carbocycles. The average molecular weight is 353 g/mol. The van der Waals surface area contributed by atoms with Gasteiger partial charge in [-0.05, 0) is 44.0 Å². The molecule has 0 N–H and O–H groups in total. The fourth-order valence-corrected chi connectivity index (χ4v) is 3.76. The average Bonchev–Trinajstić information content (AvgIpc) is 2.86. The third-order valence-corrected chi connectivity index (χ3v) is 4.82. The molecule has 0 radical (unpaired) electrons. The van der Waals surface area contributed by atoms with Crippen LogP contribution in [-0.2, 0) is 20.1 Å². The Balaban J connectivity index is 1.62. The van der Waals surface area contributed by atoms with Gasteiger partial charge in [-0.15, -0.1) is 0 Å². The molecule has 1 fully saturated rings. The van der Waals surface area contributed by atoms with Crippen molar-refractivity contribution < 1.29 is 19.0 Å². The molecule has 0 bridgehead atoms. The molecule has 2 heterocycles. The molecule has 2 aliphatic heterocycles. The predicted molar refractivity (Wildman–Crippen MR) is 98.4 cm³/mol. The van der Waals surface area contributed by atoms with Crippen LogP contribution in [0.5, 0.6) is 5.75 Å². The minimum atomic E-state index is -1.29. The van der Waals surface area contributed by atoms with E-state index in [-0.39, 0.29) is 5.91 Å². The topological polar surface area (TPSA) is 48.0 Å². The summed E-state index contributed by atoms with van der Waals surface area (Å²) in [7, 11) is 0. The molecule has 2 aliphatic rings. The number of nitrogens with zero attached hydrogens (tertiary/aromatic N) is 1. The molecular formula is C21H23NO4. The summed E-state index contributed by atoms with van der Waals surface area (Å²) in [5.74, 6) is -0.658. The van der Waals surface area contributed by atoms with Crippen molar-refractivity contribution >= 4 is 11.6 Å². The van der Waals surface area contributed by atoms with Gasteiger partial charge in [0.15, 0.2) is 0 Å². The summed E-state index contributed by atoms with van der Waals surface area (Å²) < 4.78 is 17.6. The summed E-state index contributed by atoms with van der Waals surface area (Å²) in [6, 6.07) is 13.7. The van der Waals surface area contributed by atoms with Crippen molar-refractivity contribution in [2.24, 2.45) is 0 Å². The minimum Gasteiger partial charge on any atom is -0.492 e. The highest BCUT2D eigenvalue weighted by Gasteiger charge is 2.55. The standard InChI is InChI=1S/C21H23NO4/c1-15-13-16(2)19-18(14-15)21(25-10-6-11-26-21)20(23)22(19)9-12-24-17-7-4-3-5-8-17/h3-5,7-8,13-14H,6,9-12H2,1-2H3. The molecule has 2 aromatic rings. The lowest BCUT2D eigenvalue weighted by Crippen LogP contribution is -2.48. The van der Waals surface area contributed by atoms with Crippen molar-refractivity contribution in [3.8, 4) is 5.75 Å². The van der Waals surface area contributed by atoms with E-state index in [0.29, 0.717) is 26.4 Å². The van der Waals surface area contributed by atoms with Crippen LogP contribution in [0.15, 0.2) is 42.5 Å². The van der Waals surface area contributed by atoms with Crippen LogP contribution in [0.3, 0.4) is 0 Å². The summed E-state index contributed by atoms with van der Waals surface area (Å²) in [6.07, 6.45) is 0.798. The summed E-state index contributed by atoms with van der Waals surface area (Å²) in [6.45, 7) is 5.93. The highest BCUT2D eigenvalue weighted by atomic mass is 16.7. The molecule has 0 aromatic heterocycles. The van der Waals surface area contributed by atoms with Crippen LogP contribution in [0.4, 0.5) is 5.69 Å². The number of carbonyl (C=O) groups is 1. The Bertz CT molecular complexity index is 812. The number of rotatable bonds is 4. The molecule has 2 aromatic carbocycles. The van der Waals surface area contributed by atoms with Crippen LogP contribution >= 0.6 is 0 Å². The van der Waals surface area contributed by atoms with Crippen LogP contribution < -0.4 is 9.64 Å². The first-order valence-corrected chi connectivity index (χ1v) is 9.01. The Labute approximate surface area is 153 Å². The number of benzene rings is 2. The normalized spacial score (nSPS) is 18.2. The van der Waals surface area contributed by atoms with E-state index in [9.17, 15) is 4.79 Å². The number of hydrogen-bond acceptors (Lipinski definition) is 4. The van der Waals surface area contributed by atoms with Gasteiger partial charge in [0, 0.05) is 5.56 Å². The van der Waals surface area contributed by atoms with E-state index in [4.69, 9.17) is 14.2 Å². The van der Waals surface area contributed by atoms with E-state index in [2.05, 4.69) is 6.07 Å². The number of amides is 1. The lowest BCUT2D eigenvalue weighted by Gasteiger charge is -2.32. The van der Waals surface area contributed by atoms with E-state index < -0.39 is 5.79 Å².